The van der Waals surface area contributed by atoms with Gasteiger partial charge in [0.25, 0.3) is 5.91 Å². The van der Waals surface area contributed by atoms with E-state index in [1.807, 2.05) is 45.4 Å². The number of likely N-dealkylation sites (N-methyl/N-ethyl adjacent to an activating group) is 1. The summed E-state index contributed by atoms with van der Waals surface area (Å²) in [6.45, 7) is 3.58. The lowest BCUT2D eigenvalue weighted by Crippen LogP contribution is -2.50. The molecule has 1 saturated heterocycles. The van der Waals surface area contributed by atoms with Crippen molar-refractivity contribution in [3.8, 4) is 11.1 Å². The van der Waals surface area contributed by atoms with Gasteiger partial charge in [0.15, 0.2) is 6.10 Å². The lowest BCUT2D eigenvalue weighted by molar-refractivity contribution is -0.872. The van der Waals surface area contributed by atoms with Gasteiger partial charge in [-0.1, -0.05) is 48.0 Å². The Kier molecular flexibility index (Phi) is 10.9. The first-order valence-electron chi connectivity index (χ1n) is 13.1. The molecule has 2 aromatic rings. The van der Waals surface area contributed by atoms with Crippen LogP contribution in [0.1, 0.15) is 24.8 Å². The first-order valence-corrected chi connectivity index (χ1v) is 13.5. The van der Waals surface area contributed by atoms with E-state index in [1.54, 1.807) is 0 Å². The molecule has 1 aliphatic rings. The van der Waals surface area contributed by atoms with Gasteiger partial charge in [0.2, 0.25) is 0 Å². The number of carbonyl (C=O) groups is 2. The highest BCUT2D eigenvalue weighted by Gasteiger charge is 2.27. The molecule has 0 aliphatic carbocycles. The third-order valence-electron chi connectivity index (χ3n) is 6.62. The molecule has 2 atom stereocenters. The number of quaternary nitrogens is 1. The summed E-state index contributed by atoms with van der Waals surface area (Å²) in [6, 6.07) is 16.8. The van der Waals surface area contributed by atoms with Gasteiger partial charge in [-0.2, -0.15) is 0 Å². The molecule has 202 valence electrons. The second kappa shape index (κ2) is 13.9. The highest BCUT2D eigenvalue weighted by molar-refractivity contribution is 6.30. The fraction of sp³-hybridized carbons (Fsp3) is 0.517. The van der Waals surface area contributed by atoms with Gasteiger partial charge >= 0.3 is 5.97 Å². The Morgan fingerprint density at radius 2 is 1.76 bits per heavy atom. The largest absolute Gasteiger partial charge is 0.480 e. The monoisotopic (exact) mass is 530 g/mol. The van der Waals surface area contributed by atoms with E-state index in [-0.39, 0.29) is 5.91 Å². The number of rotatable bonds is 13. The fourth-order valence-corrected chi connectivity index (χ4v) is 4.96. The maximum atomic E-state index is 12.6. The van der Waals surface area contributed by atoms with Gasteiger partial charge in [-0.15, -0.1) is 0 Å². The smallest absolute Gasteiger partial charge is 0.329 e. The van der Waals surface area contributed by atoms with Gasteiger partial charge in [0.05, 0.1) is 21.1 Å². The van der Waals surface area contributed by atoms with E-state index < -0.39 is 18.7 Å². The Balaban J connectivity index is 1.41. The molecule has 2 unspecified atom stereocenters. The highest BCUT2D eigenvalue weighted by Crippen LogP contribution is 2.25. The average molecular weight is 531 g/mol. The Morgan fingerprint density at radius 1 is 1.11 bits per heavy atom. The van der Waals surface area contributed by atoms with Gasteiger partial charge in [0.1, 0.15) is 13.2 Å². The van der Waals surface area contributed by atoms with Crippen LogP contribution in [0.4, 0.5) is 0 Å². The van der Waals surface area contributed by atoms with Crippen LogP contribution in [0.2, 0.25) is 5.02 Å². The van der Waals surface area contributed by atoms with Crippen LogP contribution in [-0.4, -0.2) is 92.9 Å². The van der Waals surface area contributed by atoms with E-state index in [0.717, 1.165) is 37.5 Å². The number of nitrogens with one attached hydrogen (secondary N) is 1. The maximum Gasteiger partial charge on any atom is 0.329 e. The number of amides is 1. The molecular formula is C29H41ClN3O4+. The summed E-state index contributed by atoms with van der Waals surface area (Å²) in [7, 11) is 5.85. The minimum atomic E-state index is -1.07. The van der Waals surface area contributed by atoms with Crippen LogP contribution in [0, 0.1) is 5.92 Å². The highest BCUT2D eigenvalue weighted by atomic mass is 35.5. The predicted molar refractivity (Wildman–Crippen MR) is 148 cm³/mol. The van der Waals surface area contributed by atoms with Crippen LogP contribution in [0.15, 0.2) is 48.5 Å². The first kappa shape index (κ1) is 29.1. The molecule has 0 aromatic heterocycles. The molecule has 3 rings (SSSR count). The van der Waals surface area contributed by atoms with E-state index in [1.165, 1.54) is 29.5 Å². The van der Waals surface area contributed by atoms with Crippen LogP contribution in [0.5, 0.6) is 0 Å². The normalized spacial score (nSPS) is 17.4. The Bertz CT molecular complexity index is 1010. The van der Waals surface area contributed by atoms with Gasteiger partial charge in [0, 0.05) is 18.1 Å². The summed E-state index contributed by atoms with van der Waals surface area (Å²) in [4.78, 5) is 26.0. The quantitative estimate of drug-likeness (QED) is 0.303. The average Bonchev–Trinajstić information content (AvgIpc) is 2.85. The first-order chi connectivity index (χ1) is 17.6. The molecule has 2 N–H and O–H groups in total. The second-order valence-corrected chi connectivity index (χ2v) is 11.5. The number of hydrogen-bond donors (Lipinski definition) is 2. The summed E-state index contributed by atoms with van der Waals surface area (Å²) in [5, 5.41) is 12.6. The van der Waals surface area contributed by atoms with Crippen LogP contribution in [-0.2, 0) is 20.7 Å². The van der Waals surface area contributed by atoms with Crippen LogP contribution in [0.25, 0.3) is 11.1 Å². The summed E-state index contributed by atoms with van der Waals surface area (Å²) < 4.78 is 5.86. The van der Waals surface area contributed by atoms with Crippen molar-refractivity contribution in [2.45, 2.75) is 31.8 Å². The minimum absolute atomic E-state index is 0.243. The number of likely N-dealkylation sites (tertiary alicyclic amines) is 1. The van der Waals surface area contributed by atoms with Gasteiger partial charge < -0.3 is 24.5 Å². The van der Waals surface area contributed by atoms with E-state index in [4.69, 9.17) is 21.4 Å². The van der Waals surface area contributed by atoms with Gasteiger partial charge in [-0.3, -0.25) is 4.79 Å². The molecule has 0 bridgehead atoms. The zero-order valence-corrected chi connectivity index (χ0v) is 23.0. The number of carboxylic acids is 1. The molecule has 37 heavy (non-hydrogen) atoms. The van der Waals surface area contributed by atoms with Crippen molar-refractivity contribution in [2.75, 3.05) is 60.5 Å². The molecular weight excluding hydrogens is 490 g/mol. The number of carbonyl (C=O) groups excluding carboxylic acids is 1. The van der Waals surface area contributed by atoms with Crippen molar-refractivity contribution in [3.63, 3.8) is 0 Å². The third kappa shape index (κ3) is 10.4. The topological polar surface area (TPSA) is 78.9 Å². The van der Waals surface area contributed by atoms with Gasteiger partial charge in [-0.05, 0) is 73.5 Å². The Labute approximate surface area is 226 Å². The minimum Gasteiger partial charge on any atom is -0.480 e. The third-order valence-corrected chi connectivity index (χ3v) is 6.88. The predicted octanol–water partition coefficient (Wildman–Crippen LogP) is 3.94. The number of carboxylic acid groups (broad SMARTS) is 1. The van der Waals surface area contributed by atoms with Crippen molar-refractivity contribution in [1.82, 2.24) is 10.2 Å². The second-order valence-electron chi connectivity index (χ2n) is 11.0. The number of nitrogens with zero attached hydrogens (tertiary/aromatic N) is 2. The lowest BCUT2D eigenvalue weighted by Gasteiger charge is -2.33. The molecule has 0 radical (unpaired) electrons. The molecule has 7 nitrogen and oxygen atoms in total. The van der Waals surface area contributed by atoms with E-state index in [0.29, 0.717) is 23.5 Å². The Morgan fingerprint density at radius 3 is 2.38 bits per heavy atom. The summed E-state index contributed by atoms with van der Waals surface area (Å²) in [5.74, 6) is -0.688. The molecule has 1 aliphatic heterocycles. The number of ether oxygens (including phenoxy) is 1. The summed E-state index contributed by atoms with van der Waals surface area (Å²) in [5.41, 5.74) is 3.73. The molecule has 0 spiro atoms. The number of benzene rings is 2. The van der Waals surface area contributed by atoms with Crippen molar-refractivity contribution in [1.29, 1.82) is 0 Å². The van der Waals surface area contributed by atoms with Crippen molar-refractivity contribution in [3.05, 3.63) is 59.1 Å². The molecule has 8 heteroatoms. The Hall–Kier alpha value is -2.45. The zero-order chi connectivity index (χ0) is 26.8. The van der Waals surface area contributed by atoms with Crippen LogP contribution in [0.3, 0.4) is 0 Å². The van der Waals surface area contributed by atoms with Crippen LogP contribution < -0.4 is 5.32 Å². The zero-order valence-electron chi connectivity index (χ0n) is 22.3. The molecule has 0 saturated carbocycles. The standard InChI is InChI=1S/C29H40ClN3O4/c1-33(2,3)20-27(37-21-28(34)35)29(36)31-15-5-17-32-16-4-6-23(19-32)18-22-7-9-24(10-8-22)25-11-13-26(30)14-12-25/h7-14,23,27H,4-6,15-21H2,1-3H3,(H-,31,34,35,36)/p+1. The lowest BCUT2D eigenvalue weighted by atomic mass is 9.90. The molecule has 1 fully saturated rings. The number of halogens is 1. The van der Waals surface area contributed by atoms with E-state index >= 15 is 0 Å². The van der Waals surface area contributed by atoms with Crippen molar-refractivity contribution < 1.29 is 23.9 Å². The molecule has 1 amide bonds. The number of piperidine rings is 1. The van der Waals surface area contributed by atoms with E-state index in [2.05, 4.69) is 34.5 Å². The fourth-order valence-electron chi connectivity index (χ4n) is 4.84. The van der Waals surface area contributed by atoms with Crippen LogP contribution >= 0.6 is 11.6 Å². The SMILES string of the molecule is C[N+](C)(C)CC(OCC(=O)O)C(=O)NCCCN1CCCC(Cc2ccc(-c3ccc(Cl)cc3)cc2)C1. The van der Waals surface area contributed by atoms with Crippen molar-refractivity contribution in [2.24, 2.45) is 5.92 Å². The van der Waals surface area contributed by atoms with E-state index in [9.17, 15) is 9.59 Å². The molecule has 2 aromatic carbocycles. The summed E-state index contributed by atoms with van der Waals surface area (Å²) >= 11 is 6.01. The molecule has 1 heterocycles. The number of aliphatic carboxylic acids is 1. The maximum absolute atomic E-state index is 12.6. The summed E-state index contributed by atoms with van der Waals surface area (Å²) in [6.07, 6.45) is 3.57. The van der Waals surface area contributed by atoms with Gasteiger partial charge in [-0.25, -0.2) is 4.79 Å². The van der Waals surface area contributed by atoms with Crippen molar-refractivity contribution >= 4 is 23.5 Å². The number of hydrogen-bond acceptors (Lipinski definition) is 4.